The number of piperidine rings is 1. The number of hydrogen-bond acceptors (Lipinski definition) is 6. The number of amides is 2. The average molecular weight is 372 g/mol. The second-order valence-electron chi connectivity index (χ2n) is 7.85. The van der Waals surface area contributed by atoms with Crippen molar-refractivity contribution in [1.29, 1.82) is 0 Å². The summed E-state index contributed by atoms with van der Waals surface area (Å²) in [6.45, 7) is 8.10. The summed E-state index contributed by atoms with van der Waals surface area (Å²) in [5.41, 5.74) is 2.48. The minimum atomic E-state index is -0.123. The van der Waals surface area contributed by atoms with E-state index in [2.05, 4.69) is 10.3 Å². The Morgan fingerprint density at radius 1 is 1.19 bits per heavy atom. The summed E-state index contributed by atoms with van der Waals surface area (Å²) >= 11 is 0. The molecule has 2 aliphatic rings. The Morgan fingerprint density at radius 3 is 2.52 bits per heavy atom. The second-order valence-corrected chi connectivity index (χ2v) is 7.85. The lowest BCUT2D eigenvalue weighted by Gasteiger charge is -2.38. The van der Waals surface area contributed by atoms with Gasteiger partial charge in [-0.15, -0.1) is 0 Å². The highest BCUT2D eigenvalue weighted by atomic mass is 16.5. The van der Waals surface area contributed by atoms with Gasteiger partial charge < -0.3 is 18.8 Å². The molecule has 0 saturated carbocycles. The largest absolute Gasteiger partial charge is 0.361 e. The van der Waals surface area contributed by atoms with Crippen molar-refractivity contribution in [2.75, 3.05) is 19.6 Å². The van der Waals surface area contributed by atoms with Crippen LogP contribution in [0.15, 0.2) is 15.1 Å². The molecular formula is C19H24N4O4. The molecule has 144 valence electrons. The van der Waals surface area contributed by atoms with Gasteiger partial charge in [-0.05, 0) is 33.6 Å². The predicted molar refractivity (Wildman–Crippen MR) is 94.8 cm³/mol. The maximum atomic E-state index is 12.6. The molecule has 8 heteroatoms. The van der Waals surface area contributed by atoms with Gasteiger partial charge in [0, 0.05) is 43.1 Å². The van der Waals surface area contributed by atoms with Crippen molar-refractivity contribution >= 4 is 11.8 Å². The Hall–Kier alpha value is -2.64. The Bertz CT molecular complexity index is 857. The first kappa shape index (κ1) is 17.8. The van der Waals surface area contributed by atoms with E-state index in [0.717, 1.165) is 36.4 Å². The number of nitrogens with zero attached hydrogens (tertiary/aromatic N) is 4. The molecule has 0 aliphatic carbocycles. The number of aromatic nitrogens is 2. The van der Waals surface area contributed by atoms with Crippen molar-refractivity contribution < 1.29 is 18.6 Å². The zero-order valence-corrected chi connectivity index (χ0v) is 15.9. The highest BCUT2D eigenvalue weighted by molar-refractivity contribution is 5.91. The maximum Gasteiger partial charge on any atom is 0.292 e. The van der Waals surface area contributed by atoms with Gasteiger partial charge >= 0.3 is 0 Å². The van der Waals surface area contributed by atoms with Crippen molar-refractivity contribution in [1.82, 2.24) is 20.1 Å². The fourth-order valence-electron chi connectivity index (χ4n) is 4.18. The third-order valence-corrected chi connectivity index (χ3v) is 5.89. The molecule has 1 spiro atoms. The third-order valence-electron chi connectivity index (χ3n) is 5.89. The predicted octanol–water partition coefficient (Wildman–Crippen LogP) is 2.24. The lowest BCUT2D eigenvalue weighted by atomic mass is 9.77. The van der Waals surface area contributed by atoms with E-state index in [0.29, 0.717) is 31.7 Å². The number of carbonyl (C=O) groups is 2. The molecule has 27 heavy (non-hydrogen) atoms. The molecule has 2 aromatic rings. The molecule has 2 aliphatic heterocycles. The Labute approximate surface area is 157 Å². The van der Waals surface area contributed by atoms with Crippen LogP contribution in [-0.2, 0) is 11.3 Å². The van der Waals surface area contributed by atoms with Crippen LogP contribution in [0.3, 0.4) is 0 Å². The molecule has 8 nitrogen and oxygen atoms in total. The fraction of sp³-hybridized carbons (Fsp3) is 0.579. The molecule has 0 aromatic carbocycles. The van der Waals surface area contributed by atoms with E-state index in [4.69, 9.17) is 9.05 Å². The first-order valence-electron chi connectivity index (χ1n) is 9.29. The van der Waals surface area contributed by atoms with Crippen molar-refractivity contribution in [2.45, 2.75) is 46.6 Å². The number of rotatable bonds is 3. The summed E-state index contributed by atoms with van der Waals surface area (Å²) in [5, 5.41) is 7.76. The van der Waals surface area contributed by atoms with Gasteiger partial charge in [0.2, 0.25) is 11.7 Å². The first-order valence-corrected chi connectivity index (χ1v) is 9.29. The van der Waals surface area contributed by atoms with E-state index >= 15 is 0 Å². The fourth-order valence-corrected chi connectivity index (χ4v) is 4.18. The van der Waals surface area contributed by atoms with E-state index in [1.54, 1.807) is 17.9 Å². The van der Waals surface area contributed by atoms with Crippen LogP contribution in [0.1, 0.15) is 52.5 Å². The van der Waals surface area contributed by atoms with E-state index in [1.165, 1.54) is 0 Å². The summed E-state index contributed by atoms with van der Waals surface area (Å²) in [5.74, 6) is 1.10. The van der Waals surface area contributed by atoms with Crippen molar-refractivity contribution in [2.24, 2.45) is 5.41 Å². The summed E-state index contributed by atoms with van der Waals surface area (Å²) in [7, 11) is 0. The van der Waals surface area contributed by atoms with Gasteiger partial charge in [0.25, 0.3) is 5.91 Å². The number of likely N-dealkylation sites (tertiary alicyclic amines) is 2. The average Bonchev–Trinajstić information content (AvgIpc) is 3.30. The summed E-state index contributed by atoms with van der Waals surface area (Å²) in [6, 6.07) is 1.66. The van der Waals surface area contributed by atoms with E-state index < -0.39 is 0 Å². The minimum Gasteiger partial charge on any atom is -0.361 e. The SMILES string of the molecule is Cc1cc(C(=O)N2CCC3(CC2)CC(=O)N(Cc2c(C)noc2C)C3)on1. The van der Waals surface area contributed by atoms with Crippen molar-refractivity contribution in [3.8, 4) is 0 Å². The highest BCUT2D eigenvalue weighted by Gasteiger charge is 2.45. The molecule has 2 saturated heterocycles. The third kappa shape index (κ3) is 3.24. The molecule has 2 aromatic heterocycles. The maximum absolute atomic E-state index is 12.6. The molecule has 4 rings (SSSR count). The Morgan fingerprint density at radius 2 is 1.93 bits per heavy atom. The second kappa shape index (κ2) is 6.51. The van der Waals surface area contributed by atoms with Crippen LogP contribution in [0.4, 0.5) is 0 Å². The molecule has 0 N–H and O–H groups in total. The molecular weight excluding hydrogens is 348 g/mol. The quantitative estimate of drug-likeness (QED) is 0.820. The van der Waals surface area contributed by atoms with Crippen molar-refractivity contribution in [3.63, 3.8) is 0 Å². The summed E-state index contributed by atoms with van der Waals surface area (Å²) in [6.07, 6.45) is 2.17. The van der Waals surface area contributed by atoms with Crippen LogP contribution in [-0.4, -0.2) is 51.6 Å². The zero-order chi connectivity index (χ0) is 19.2. The Kier molecular flexibility index (Phi) is 4.28. The normalized spacial score (nSPS) is 19.3. The van der Waals surface area contributed by atoms with Gasteiger partial charge in [-0.3, -0.25) is 9.59 Å². The van der Waals surface area contributed by atoms with Gasteiger partial charge in [0.05, 0.1) is 17.9 Å². The van der Waals surface area contributed by atoms with Crippen LogP contribution in [0.2, 0.25) is 0 Å². The van der Waals surface area contributed by atoms with Gasteiger partial charge in [0.1, 0.15) is 5.76 Å². The Balaban J connectivity index is 1.40. The highest BCUT2D eigenvalue weighted by Crippen LogP contribution is 2.42. The van der Waals surface area contributed by atoms with E-state index in [9.17, 15) is 9.59 Å². The van der Waals surface area contributed by atoms with Gasteiger partial charge in [-0.2, -0.15) is 0 Å². The van der Waals surface area contributed by atoms with Crippen molar-refractivity contribution in [3.05, 3.63) is 34.5 Å². The smallest absolute Gasteiger partial charge is 0.292 e. The van der Waals surface area contributed by atoms with Crippen LogP contribution >= 0.6 is 0 Å². The van der Waals surface area contributed by atoms with Gasteiger partial charge in [0.15, 0.2) is 0 Å². The topological polar surface area (TPSA) is 92.7 Å². The molecule has 2 amide bonds. The summed E-state index contributed by atoms with van der Waals surface area (Å²) < 4.78 is 10.3. The van der Waals surface area contributed by atoms with Crippen LogP contribution in [0.25, 0.3) is 0 Å². The molecule has 4 heterocycles. The minimum absolute atomic E-state index is 0.0514. The van der Waals surface area contributed by atoms with Crippen LogP contribution in [0, 0.1) is 26.2 Å². The molecule has 2 fully saturated rings. The van der Waals surface area contributed by atoms with Gasteiger partial charge in [-0.1, -0.05) is 10.3 Å². The van der Waals surface area contributed by atoms with Gasteiger partial charge in [-0.25, -0.2) is 0 Å². The number of carbonyl (C=O) groups excluding carboxylic acids is 2. The standard InChI is InChI=1S/C19H24N4O4/c1-12-8-16(27-20-12)18(25)22-6-4-19(5-7-22)9-17(24)23(11-19)10-15-13(2)21-26-14(15)3/h8H,4-7,9-11H2,1-3H3. The number of hydrogen-bond donors (Lipinski definition) is 0. The van der Waals surface area contributed by atoms with Crippen LogP contribution in [0.5, 0.6) is 0 Å². The molecule has 0 bridgehead atoms. The molecule has 0 unspecified atom stereocenters. The van der Waals surface area contributed by atoms with Crippen LogP contribution < -0.4 is 0 Å². The lowest BCUT2D eigenvalue weighted by molar-refractivity contribution is -0.128. The molecule has 0 radical (unpaired) electrons. The van der Waals surface area contributed by atoms with E-state index in [-0.39, 0.29) is 23.0 Å². The summed E-state index contributed by atoms with van der Waals surface area (Å²) in [4.78, 5) is 28.8. The lowest BCUT2D eigenvalue weighted by Crippen LogP contribution is -2.44. The number of aryl methyl sites for hydroxylation is 3. The molecule has 0 atom stereocenters. The first-order chi connectivity index (χ1) is 12.9. The zero-order valence-electron chi connectivity index (χ0n) is 15.9. The van der Waals surface area contributed by atoms with E-state index in [1.807, 2.05) is 18.7 Å². The monoisotopic (exact) mass is 372 g/mol.